The average Bonchev–Trinajstić information content (AvgIpc) is 2.47. The first-order chi connectivity index (χ1) is 10.1. The van der Waals surface area contributed by atoms with Crippen LogP contribution in [-0.2, 0) is 10.1 Å². The van der Waals surface area contributed by atoms with Crippen LogP contribution in [0.5, 0.6) is 11.5 Å². The molecule has 3 rings (SSSR count). The highest BCUT2D eigenvalue weighted by atomic mass is 32.2. The molecule has 0 unspecified atom stereocenters. The van der Waals surface area contributed by atoms with Gasteiger partial charge in [-0.2, -0.15) is 8.42 Å². The summed E-state index contributed by atoms with van der Waals surface area (Å²) < 4.78 is 38.2. The van der Waals surface area contributed by atoms with E-state index in [1.165, 1.54) is 6.07 Å². The minimum atomic E-state index is -4.32. The maximum absolute atomic E-state index is 11.6. The first-order valence-corrected chi connectivity index (χ1v) is 7.72. The topological polar surface area (TPSA) is 63.6 Å². The molecule has 1 N–H and O–H groups in total. The van der Waals surface area contributed by atoms with Gasteiger partial charge in [0.1, 0.15) is 16.4 Å². The summed E-state index contributed by atoms with van der Waals surface area (Å²) in [7, 11) is -4.32. The number of benzene rings is 3. The van der Waals surface area contributed by atoms with Crippen molar-refractivity contribution >= 4 is 20.9 Å². The van der Waals surface area contributed by atoms with Gasteiger partial charge < -0.3 is 4.74 Å². The zero-order valence-corrected chi connectivity index (χ0v) is 11.7. The minimum absolute atomic E-state index is 0.161. The fourth-order valence-electron chi connectivity index (χ4n) is 2.19. The summed E-state index contributed by atoms with van der Waals surface area (Å²) in [6, 6.07) is 19.0. The maximum atomic E-state index is 11.6. The van der Waals surface area contributed by atoms with E-state index < -0.39 is 10.1 Å². The molecule has 4 nitrogen and oxygen atoms in total. The summed E-state index contributed by atoms with van der Waals surface area (Å²) in [5, 5.41) is 1.05. The third-order valence-electron chi connectivity index (χ3n) is 3.08. The van der Waals surface area contributed by atoms with E-state index in [-0.39, 0.29) is 4.90 Å². The molecule has 0 aromatic heterocycles. The molecule has 0 amide bonds. The van der Waals surface area contributed by atoms with Gasteiger partial charge in [-0.15, -0.1) is 0 Å². The zero-order valence-electron chi connectivity index (χ0n) is 10.9. The number of hydrogen-bond donors (Lipinski definition) is 1. The molecule has 0 atom stereocenters. The van der Waals surface area contributed by atoms with Crippen LogP contribution < -0.4 is 4.74 Å². The number of hydrogen-bond acceptors (Lipinski definition) is 3. The van der Waals surface area contributed by atoms with Crippen molar-refractivity contribution in [3.05, 3.63) is 66.7 Å². The van der Waals surface area contributed by atoms with Crippen LogP contribution in [0.2, 0.25) is 0 Å². The highest BCUT2D eigenvalue weighted by Crippen LogP contribution is 2.34. The van der Waals surface area contributed by atoms with Crippen LogP contribution in [-0.4, -0.2) is 13.0 Å². The molecule has 0 aliphatic carbocycles. The predicted molar refractivity (Wildman–Crippen MR) is 80.3 cm³/mol. The zero-order chi connectivity index (χ0) is 14.9. The fourth-order valence-corrected chi connectivity index (χ4v) is 2.92. The largest absolute Gasteiger partial charge is 0.457 e. The Bertz CT molecular complexity index is 881. The SMILES string of the molecule is O=S(=O)(O)c1cccc2cccc(Oc3ccccc3)c12. The summed E-state index contributed by atoms with van der Waals surface area (Å²) in [6.45, 7) is 0. The molecule has 0 saturated carbocycles. The quantitative estimate of drug-likeness (QED) is 0.746. The molecule has 0 spiro atoms. The fraction of sp³-hybridized carbons (Fsp3) is 0. The molecule has 0 aliphatic heterocycles. The van der Waals surface area contributed by atoms with E-state index in [1.807, 2.05) is 18.2 Å². The van der Waals surface area contributed by atoms with Crippen molar-refractivity contribution in [1.82, 2.24) is 0 Å². The van der Waals surface area contributed by atoms with Gasteiger partial charge >= 0.3 is 0 Å². The molecule has 0 radical (unpaired) electrons. The Labute approximate surface area is 122 Å². The van der Waals surface area contributed by atoms with E-state index in [9.17, 15) is 13.0 Å². The maximum Gasteiger partial charge on any atom is 0.295 e. The molecule has 3 aromatic carbocycles. The molecule has 106 valence electrons. The van der Waals surface area contributed by atoms with Gasteiger partial charge in [0.15, 0.2) is 0 Å². The van der Waals surface area contributed by atoms with Gasteiger partial charge in [0.25, 0.3) is 10.1 Å². The van der Waals surface area contributed by atoms with Gasteiger partial charge in [0.2, 0.25) is 0 Å². The molecular formula is C16H12O4S. The molecule has 0 aliphatic rings. The number of ether oxygens (including phenoxy) is 1. The lowest BCUT2D eigenvalue weighted by molar-refractivity contribution is 0.478. The van der Waals surface area contributed by atoms with Gasteiger partial charge in [-0.25, -0.2) is 0 Å². The van der Waals surface area contributed by atoms with Crippen LogP contribution in [0.3, 0.4) is 0 Å². The smallest absolute Gasteiger partial charge is 0.295 e. The monoisotopic (exact) mass is 300 g/mol. The lowest BCUT2D eigenvalue weighted by Gasteiger charge is -2.11. The molecular weight excluding hydrogens is 288 g/mol. The lowest BCUT2D eigenvalue weighted by atomic mass is 10.1. The molecule has 21 heavy (non-hydrogen) atoms. The van der Waals surface area contributed by atoms with Crippen molar-refractivity contribution in [2.24, 2.45) is 0 Å². The van der Waals surface area contributed by atoms with Crippen LogP contribution in [0.25, 0.3) is 10.8 Å². The van der Waals surface area contributed by atoms with Crippen LogP contribution in [0.15, 0.2) is 71.6 Å². The van der Waals surface area contributed by atoms with Crippen LogP contribution in [0, 0.1) is 0 Å². The first-order valence-electron chi connectivity index (χ1n) is 6.28. The Balaban J connectivity index is 2.24. The van der Waals surface area contributed by atoms with Gasteiger partial charge in [0, 0.05) is 5.39 Å². The van der Waals surface area contributed by atoms with Crippen molar-refractivity contribution in [2.75, 3.05) is 0 Å². The molecule has 0 heterocycles. The summed E-state index contributed by atoms with van der Waals surface area (Å²) in [5.41, 5.74) is 0. The molecule has 5 heteroatoms. The van der Waals surface area contributed by atoms with Crippen LogP contribution in [0.1, 0.15) is 0 Å². The Hall–Kier alpha value is -2.37. The van der Waals surface area contributed by atoms with E-state index in [0.717, 1.165) is 0 Å². The summed E-state index contributed by atoms with van der Waals surface area (Å²) >= 11 is 0. The van der Waals surface area contributed by atoms with E-state index in [0.29, 0.717) is 22.3 Å². The van der Waals surface area contributed by atoms with Crippen molar-refractivity contribution in [1.29, 1.82) is 0 Å². The Morgan fingerprint density at radius 1 is 0.810 bits per heavy atom. The summed E-state index contributed by atoms with van der Waals surface area (Å²) in [6.07, 6.45) is 0. The molecule has 0 fully saturated rings. The standard InChI is InChI=1S/C16H12O4S/c17-21(18,19)15-11-5-7-12-6-4-10-14(16(12)15)20-13-8-2-1-3-9-13/h1-11H,(H,17,18,19). The second kappa shape index (κ2) is 5.20. The predicted octanol–water partition coefficient (Wildman–Crippen LogP) is 3.88. The van der Waals surface area contributed by atoms with E-state index in [1.54, 1.807) is 42.5 Å². The lowest BCUT2D eigenvalue weighted by Crippen LogP contribution is -2.00. The van der Waals surface area contributed by atoms with Crippen molar-refractivity contribution in [3.8, 4) is 11.5 Å². The van der Waals surface area contributed by atoms with Crippen molar-refractivity contribution < 1.29 is 17.7 Å². The van der Waals surface area contributed by atoms with Crippen LogP contribution >= 0.6 is 0 Å². The van der Waals surface area contributed by atoms with E-state index >= 15 is 0 Å². The van der Waals surface area contributed by atoms with E-state index in [2.05, 4.69) is 0 Å². The Morgan fingerprint density at radius 3 is 2.14 bits per heavy atom. The number of para-hydroxylation sites is 1. The van der Waals surface area contributed by atoms with E-state index in [4.69, 9.17) is 4.74 Å². The Morgan fingerprint density at radius 2 is 1.48 bits per heavy atom. The third kappa shape index (κ3) is 2.74. The molecule has 3 aromatic rings. The minimum Gasteiger partial charge on any atom is -0.457 e. The van der Waals surface area contributed by atoms with Gasteiger partial charge in [-0.3, -0.25) is 4.55 Å². The number of rotatable bonds is 3. The normalized spacial score (nSPS) is 11.5. The molecule has 0 saturated heterocycles. The molecule has 0 bridgehead atoms. The third-order valence-corrected chi connectivity index (χ3v) is 3.97. The number of fused-ring (bicyclic) bond motifs is 1. The van der Waals surface area contributed by atoms with Gasteiger partial charge in [0.05, 0.1) is 0 Å². The summed E-state index contributed by atoms with van der Waals surface area (Å²) in [4.78, 5) is -0.161. The second-order valence-electron chi connectivity index (χ2n) is 4.50. The van der Waals surface area contributed by atoms with Crippen molar-refractivity contribution in [2.45, 2.75) is 4.90 Å². The Kier molecular flexibility index (Phi) is 3.37. The highest BCUT2D eigenvalue weighted by molar-refractivity contribution is 7.86. The van der Waals surface area contributed by atoms with Gasteiger partial charge in [-0.05, 0) is 29.7 Å². The summed E-state index contributed by atoms with van der Waals surface area (Å²) in [5.74, 6) is 0.974. The average molecular weight is 300 g/mol. The van der Waals surface area contributed by atoms with Crippen molar-refractivity contribution in [3.63, 3.8) is 0 Å². The van der Waals surface area contributed by atoms with Crippen LogP contribution in [0.4, 0.5) is 0 Å². The first kappa shape index (κ1) is 13.6. The highest BCUT2D eigenvalue weighted by Gasteiger charge is 2.17. The second-order valence-corrected chi connectivity index (χ2v) is 5.89. The van der Waals surface area contributed by atoms with Gasteiger partial charge in [-0.1, -0.05) is 42.5 Å².